The molecule has 1 aliphatic heterocycles. The molecule has 0 spiro atoms. The summed E-state index contributed by atoms with van der Waals surface area (Å²) in [6, 6.07) is 0. The molecule has 8 heteroatoms. The van der Waals surface area contributed by atoms with Crippen molar-refractivity contribution in [2.24, 2.45) is 11.8 Å². The van der Waals surface area contributed by atoms with Crippen LogP contribution in [0, 0.1) is 25.7 Å². The summed E-state index contributed by atoms with van der Waals surface area (Å²) in [6.45, 7) is 3.39. The van der Waals surface area contributed by atoms with E-state index in [1.165, 1.54) is 4.52 Å². The van der Waals surface area contributed by atoms with Crippen LogP contribution in [0.25, 0.3) is 5.78 Å². The Hall–Kier alpha value is -2.77. The van der Waals surface area contributed by atoms with E-state index in [0.717, 1.165) is 4.90 Å². The van der Waals surface area contributed by atoms with E-state index < -0.39 is 0 Å². The van der Waals surface area contributed by atoms with Gasteiger partial charge in [0.15, 0.2) is 0 Å². The number of imide groups is 1. The molecule has 2 aliphatic rings. The molecule has 2 aromatic rings. The minimum absolute atomic E-state index is 0.0593. The average Bonchev–Trinajstić information content (AvgIpc) is 3.06. The van der Waals surface area contributed by atoms with Gasteiger partial charge in [0.25, 0.3) is 11.3 Å². The average molecular weight is 313 g/mol. The van der Waals surface area contributed by atoms with Gasteiger partial charge in [0.2, 0.25) is 17.8 Å². The number of aromatic nitrogens is 4. The van der Waals surface area contributed by atoms with E-state index in [0.29, 0.717) is 24.1 Å². The lowest BCUT2D eigenvalue weighted by molar-refractivity contribution is -0.122. The molecule has 8 nitrogen and oxygen atoms in total. The molecule has 0 bridgehead atoms. The summed E-state index contributed by atoms with van der Waals surface area (Å²) in [5.41, 5.74) is 0.782. The SMILES string of the molecule is Cc1nc2nc(N3C(=O)[C@@H]4CC=CC[C@H]4C3=O)[nH]n2c(=O)c1C. The summed E-state index contributed by atoms with van der Waals surface area (Å²) in [7, 11) is 0. The fourth-order valence-corrected chi connectivity index (χ4v) is 3.20. The number of allylic oxidation sites excluding steroid dienone is 2. The summed E-state index contributed by atoms with van der Waals surface area (Å²) >= 11 is 0. The van der Waals surface area contributed by atoms with Crippen molar-refractivity contribution >= 4 is 23.5 Å². The van der Waals surface area contributed by atoms with Crippen LogP contribution < -0.4 is 10.5 Å². The monoisotopic (exact) mass is 313 g/mol. The quantitative estimate of drug-likeness (QED) is 0.610. The van der Waals surface area contributed by atoms with Crippen molar-refractivity contribution < 1.29 is 9.59 Å². The number of fused-ring (bicyclic) bond motifs is 2. The Kier molecular flexibility index (Phi) is 2.78. The molecule has 0 saturated carbocycles. The number of H-pyrrole nitrogens is 1. The molecule has 1 aliphatic carbocycles. The third kappa shape index (κ3) is 1.81. The molecular weight excluding hydrogens is 298 g/mol. The lowest BCUT2D eigenvalue weighted by Crippen LogP contribution is -2.32. The number of nitrogens with zero attached hydrogens (tertiary/aromatic N) is 4. The predicted molar refractivity (Wildman–Crippen MR) is 80.9 cm³/mol. The number of aromatic amines is 1. The highest BCUT2D eigenvalue weighted by molar-refractivity contribution is 6.21. The fraction of sp³-hybridized carbons (Fsp3) is 0.400. The third-order valence-corrected chi connectivity index (χ3v) is 4.67. The number of nitrogens with one attached hydrogen (secondary N) is 1. The standard InChI is InChI=1S/C15H15N5O3/c1-7-8(2)16-14-17-15(18-20(14)11(7)21)19-12(22)9-5-3-4-6-10(9)13(19)23/h3-4,9-10H,5-6H2,1-2H3,(H,16,17,18)/t9-,10-/m1/s1. The molecule has 4 rings (SSSR count). The number of amides is 2. The fourth-order valence-electron chi connectivity index (χ4n) is 3.20. The maximum absolute atomic E-state index is 12.5. The molecule has 3 heterocycles. The van der Waals surface area contributed by atoms with E-state index in [4.69, 9.17) is 0 Å². The van der Waals surface area contributed by atoms with Gasteiger partial charge < -0.3 is 0 Å². The van der Waals surface area contributed by atoms with Crippen molar-refractivity contribution in [3.63, 3.8) is 0 Å². The summed E-state index contributed by atoms with van der Waals surface area (Å²) in [5.74, 6) is -1.01. The van der Waals surface area contributed by atoms with Crippen molar-refractivity contribution in [2.45, 2.75) is 26.7 Å². The molecular formula is C15H15N5O3. The molecule has 2 amide bonds. The van der Waals surface area contributed by atoms with Gasteiger partial charge in [-0.3, -0.25) is 19.5 Å². The maximum atomic E-state index is 12.5. The zero-order valence-corrected chi connectivity index (χ0v) is 12.7. The van der Waals surface area contributed by atoms with Gasteiger partial charge in [-0.25, -0.2) is 9.88 Å². The summed E-state index contributed by atoms with van der Waals surface area (Å²) in [4.78, 5) is 46.8. The van der Waals surface area contributed by atoms with Gasteiger partial charge in [-0.05, 0) is 26.7 Å². The molecule has 1 saturated heterocycles. The number of aryl methyl sites for hydroxylation is 1. The zero-order chi connectivity index (χ0) is 16.3. The number of carbonyl (C=O) groups excluding carboxylic acids is 2. The molecule has 23 heavy (non-hydrogen) atoms. The Labute approximate surface area is 130 Å². The number of anilines is 1. The van der Waals surface area contributed by atoms with Crippen LogP contribution in [0.15, 0.2) is 16.9 Å². The zero-order valence-electron chi connectivity index (χ0n) is 12.7. The van der Waals surface area contributed by atoms with Crippen LogP contribution in [0.5, 0.6) is 0 Å². The smallest absolute Gasteiger partial charge is 0.274 e. The van der Waals surface area contributed by atoms with Crippen LogP contribution >= 0.6 is 0 Å². The lowest BCUT2D eigenvalue weighted by Gasteiger charge is -2.14. The molecule has 0 aromatic carbocycles. The van der Waals surface area contributed by atoms with Gasteiger partial charge >= 0.3 is 0 Å². The van der Waals surface area contributed by atoms with Gasteiger partial charge in [-0.1, -0.05) is 12.2 Å². The van der Waals surface area contributed by atoms with E-state index in [1.807, 2.05) is 12.2 Å². The largest absolute Gasteiger partial charge is 0.277 e. The van der Waals surface area contributed by atoms with Crippen molar-refractivity contribution in [3.8, 4) is 0 Å². The van der Waals surface area contributed by atoms with Crippen LogP contribution in [0.4, 0.5) is 5.95 Å². The summed E-state index contributed by atoms with van der Waals surface area (Å²) < 4.78 is 1.17. The first-order valence-electron chi connectivity index (χ1n) is 7.48. The van der Waals surface area contributed by atoms with Crippen LogP contribution in [0.3, 0.4) is 0 Å². The van der Waals surface area contributed by atoms with Gasteiger partial charge in [0.1, 0.15) is 0 Å². The van der Waals surface area contributed by atoms with E-state index in [1.54, 1.807) is 13.8 Å². The molecule has 2 aromatic heterocycles. The second-order valence-corrected chi connectivity index (χ2v) is 5.98. The third-order valence-electron chi connectivity index (χ3n) is 4.67. The van der Waals surface area contributed by atoms with Crippen molar-refractivity contribution in [3.05, 3.63) is 33.8 Å². The van der Waals surface area contributed by atoms with Crippen LogP contribution in [-0.2, 0) is 9.59 Å². The highest BCUT2D eigenvalue weighted by atomic mass is 16.2. The Morgan fingerprint density at radius 1 is 1.04 bits per heavy atom. The summed E-state index contributed by atoms with van der Waals surface area (Å²) in [6.07, 6.45) is 4.96. The van der Waals surface area contributed by atoms with Crippen LogP contribution in [0.1, 0.15) is 24.1 Å². The Morgan fingerprint density at radius 2 is 1.65 bits per heavy atom. The van der Waals surface area contributed by atoms with E-state index in [2.05, 4.69) is 15.1 Å². The normalized spacial score (nSPS) is 23.8. The van der Waals surface area contributed by atoms with Crippen LogP contribution in [0.2, 0.25) is 0 Å². The van der Waals surface area contributed by atoms with Crippen molar-refractivity contribution in [1.82, 2.24) is 19.6 Å². The first kappa shape index (κ1) is 13.9. The maximum Gasteiger partial charge on any atom is 0.277 e. The Bertz CT molecular complexity index is 912. The lowest BCUT2D eigenvalue weighted by atomic mass is 9.85. The topological polar surface area (TPSA) is 100 Å². The second-order valence-electron chi connectivity index (χ2n) is 5.98. The predicted octanol–water partition coefficient (Wildman–Crippen LogP) is 0.490. The second kappa shape index (κ2) is 4.61. The minimum Gasteiger partial charge on any atom is -0.274 e. The van der Waals surface area contributed by atoms with Crippen LogP contribution in [-0.4, -0.2) is 31.4 Å². The number of carbonyl (C=O) groups is 2. The van der Waals surface area contributed by atoms with Gasteiger partial charge in [0, 0.05) is 11.3 Å². The first-order chi connectivity index (χ1) is 11.0. The number of rotatable bonds is 1. The van der Waals surface area contributed by atoms with E-state index in [-0.39, 0.29) is 40.9 Å². The van der Waals surface area contributed by atoms with E-state index in [9.17, 15) is 14.4 Å². The number of hydrogen-bond acceptors (Lipinski definition) is 5. The molecule has 0 radical (unpaired) electrons. The molecule has 2 atom stereocenters. The Morgan fingerprint density at radius 3 is 2.26 bits per heavy atom. The minimum atomic E-state index is -0.339. The molecule has 1 fully saturated rings. The highest BCUT2D eigenvalue weighted by Gasteiger charge is 2.49. The van der Waals surface area contributed by atoms with Gasteiger partial charge in [-0.15, -0.1) is 0 Å². The van der Waals surface area contributed by atoms with Gasteiger partial charge in [-0.2, -0.15) is 9.50 Å². The highest BCUT2D eigenvalue weighted by Crippen LogP contribution is 2.36. The van der Waals surface area contributed by atoms with E-state index >= 15 is 0 Å². The molecule has 1 N–H and O–H groups in total. The van der Waals surface area contributed by atoms with Crippen molar-refractivity contribution in [2.75, 3.05) is 4.90 Å². The first-order valence-corrected chi connectivity index (χ1v) is 7.48. The van der Waals surface area contributed by atoms with Gasteiger partial charge in [0.05, 0.1) is 11.8 Å². The number of hydrogen-bond donors (Lipinski definition) is 1. The van der Waals surface area contributed by atoms with Crippen molar-refractivity contribution in [1.29, 1.82) is 0 Å². The molecule has 0 unspecified atom stereocenters. The molecule has 118 valence electrons. The Balaban J connectivity index is 1.84. The summed E-state index contributed by atoms with van der Waals surface area (Å²) in [5, 5.41) is 2.74.